The quantitative estimate of drug-likeness (QED) is 0.425. The van der Waals surface area contributed by atoms with Gasteiger partial charge in [0.15, 0.2) is 0 Å². The second-order valence-electron chi connectivity index (χ2n) is 1.30. The lowest BCUT2D eigenvalue weighted by Crippen LogP contribution is -2.24. The Morgan fingerprint density at radius 2 is 2.00 bits per heavy atom. The van der Waals surface area contributed by atoms with Crippen molar-refractivity contribution in [2.24, 2.45) is 5.64 Å². The van der Waals surface area contributed by atoms with E-state index in [1.807, 2.05) is 0 Å². The van der Waals surface area contributed by atoms with Crippen LogP contribution in [-0.4, -0.2) is 26.8 Å². The van der Waals surface area contributed by atoms with Crippen LogP contribution in [0, 0.1) is 0 Å². The highest BCUT2D eigenvalue weighted by atomic mass is 16.7. The van der Waals surface area contributed by atoms with Crippen molar-refractivity contribution >= 4 is 7.41 Å². The summed E-state index contributed by atoms with van der Waals surface area (Å²) in [5.41, 5.74) is 5.06. The average Bonchev–Trinajstić information content (AvgIpc) is 2.14. The van der Waals surface area contributed by atoms with Crippen LogP contribution >= 0.6 is 0 Å². The Kier molecular flexibility index (Phi) is 1.67. The first-order valence-corrected chi connectivity index (χ1v) is 2.22. The molecule has 1 aliphatic rings. The summed E-state index contributed by atoms with van der Waals surface area (Å²) < 4.78 is 9.80. The Hall–Kier alpha value is -0.0551. The smallest absolute Gasteiger partial charge is 0.276 e. The fourth-order valence-electron chi connectivity index (χ4n) is 0.488. The van der Waals surface area contributed by atoms with Crippen molar-refractivity contribution in [2.45, 2.75) is 6.19 Å². The van der Waals surface area contributed by atoms with E-state index in [1.165, 1.54) is 7.41 Å². The van der Waals surface area contributed by atoms with Crippen molar-refractivity contribution in [1.82, 2.24) is 0 Å². The maximum Gasteiger partial charge on any atom is 0.276 e. The number of nitrogens with two attached hydrogens (primary N) is 1. The van der Waals surface area contributed by atoms with Crippen molar-refractivity contribution in [2.75, 3.05) is 13.2 Å². The lowest BCUT2D eigenvalue weighted by molar-refractivity contribution is 0.0237. The minimum absolute atomic E-state index is 0.250. The van der Waals surface area contributed by atoms with Crippen LogP contribution in [0.1, 0.15) is 0 Å². The molecule has 0 aromatic heterocycles. The fourth-order valence-corrected chi connectivity index (χ4v) is 0.488. The zero-order valence-corrected chi connectivity index (χ0v) is 3.96. The highest BCUT2D eigenvalue weighted by Crippen LogP contribution is 1.97. The van der Waals surface area contributed by atoms with Gasteiger partial charge in [0, 0.05) is 0 Å². The van der Waals surface area contributed by atoms with Crippen molar-refractivity contribution in [3.05, 3.63) is 0 Å². The summed E-state index contributed by atoms with van der Waals surface area (Å²) in [5.74, 6) is 0. The van der Waals surface area contributed by atoms with Gasteiger partial charge in [0.1, 0.15) is 6.19 Å². The van der Waals surface area contributed by atoms with E-state index in [4.69, 9.17) is 15.1 Å². The second kappa shape index (κ2) is 2.30. The van der Waals surface area contributed by atoms with Gasteiger partial charge in [-0.15, -0.1) is 0 Å². The summed E-state index contributed by atoms with van der Waals surface area (Å²) >= 11 is 0. The Bertz CT molecular complexity index is 54.9. The molecule has 1 heterocycles. The SMILES string of the molecule is N[B]C1OCCO1. The summed E-state index contributed by atoms with van der Waals surface area (Å²) in [6.45, 7) is 1.33. The normalized spacial score (nSPS) is 23.0. The molecule has 1 fully saturated rings. The standard InChI is InChI=1S/C3H7BNO2/c5-4-3-6-1-2-7-3/h3H,1-2,5H2. The third-order valence-corrected chi connectivity index (χ3v) is 0.805. The molecular weight excluding hydrogens is 92.8 g/mol. The largest absolute Gasteiger partial charge is 0.370 e. The Labute approximate surface area is 43.0 Å². The minimum Gasteiger partial charge on any atom is -0.370 e. The van der Waals surface area contributed by atoms with Crippen LogP contribution in [-0.2, 0) is 9.47 Å². The van der Waals surface area contributed by atoms with Gasteiger partial charge in [0.25, 0.3) is 7.41 Å². The number of hydrogen-bond donors (Lipinski definition) is 1. The first kappa shape index (κ1) is 5.09. The summed E-state index contributed by atoms with van der Waals surface area (Å²) in [7, 11) is 1.40. The van der Waals surface area contributed by atoms with Gasteiger partial charge < -0.3 is 15.1 Å². The molecule has 3 nitrogen and oxygen atoms in total. The minimum atomic E-state index is -0.250. The van der Waals surface area contributed by atoms with Gasteiger partial charge in [0.2, 0.25) is 0 Å². The number of ether oxygens (including phenoxy) is 2. The van der Waals surface area contributed by atoms with Gasteiger partial charge in [-0.3, -0.25) is 0 Å². The summed E-state index contributed by atoms with van der Waals surface area (Å²) in [6.07, 6.45) is -0.250. The van der Waals surface area contributed by atoms with Crippen LogP contribution in [0.25, 0.3) is 0 Å². The van der Waals surface area contributed by atoms with E-state index < -0.39 is 0 Å². The summed E-state index contributed by atoms with van der Waals surface area (Å²) in [4.78, 5) is 0. The monoisotopic (exact) mass is 100 g/mol. The number of hydrogen-bond acceptors (Lipinski definition) is 3. The molecule has 4 heteroatoms. The van der Waals surface area contributed by atoms with E-state index in [1.54, 1.807) is 0 Å². The molecule has 39 valence electrons. The lowest BCUT2D eigenvalue weighted by atomic mass is 9.97. The molecule has 0 aromatic carbocycles. The highest BCUT2D eigenvalue weighted by molar-refractivity contribution is 6.32. The van der Waals surface area contributed by atoms with Crippen LogP contribution in [0.15, 0.2) is 0 Å². The molecule has 0 aromatic rings. The van der Waals surface area contributed by atoms with Crippen molar-refractivity contribution in [3.63, 3.8) is 0 Å². The van der Waals surface area contributed by atoms with E-state index >= 15 is 0 Å². The third-order valence-electron chi connectivity index (χ3n) is 0.805. The van der Waals surface area contributed by atoms with Gasteiger partial charge >= 0.3 is 0 Å². The van der Waals surface area contributed by atoms with E-state index in [-0.39, 0.29) is 6.19 Å². The molecule has 0 amide bonds. The predicted octanol–water partition coefficient (Wildman–Crippen LogP) is -1.11. The van der Waals surface area contributed by atoms with Crippen LogP contribution in [0.5, 0.6) is 0 Å². The van der Waals surface area contributed by atoms with Gasteiger partial charge in [-0.25, -0.2) is 0 Å². The van der Waals surface area contributed by atoms with Crippen molar-refractivity contribution in [1.29, 1.82) is 0 Å². The van der Waals surface area contributed by atoms with Crippen molar-refractivity contribution in [3.8, 4) is 0 Å². The molecule has 0 spiro atoms. The van der Waals surface area contributed by atoms with Crippen LogP contribution in [0.3, 0.4) is 0 Å². The first-order valence-electron chi connectivity index (χ1n) is 2.22. The average molecular weight is 99.9 g/mol. The molecule has 1 saturated heterocycles. The van der Waals surface area contributed by atoms with E-state index in [0.717, 1.165) is 0 Å². The van der Waals surface area contributed by atoms with Crippen LogP contribution in [0.2, 0.25) is 0 Å². The fraction of sp³-hybridized carbons (Fsp3) is 1.00. The highest BCUT2D eigenvalue weighted by Gasteiger charge is 2.13. The van der Waals surface area contributed by atoms with E-state index in [2.05, 4.69) is 0 Å². The maximum atomic E-state index is 5.06. The molecule has 2 N–H and O–H groups in total. The second-order valence-corrected chi connectivity index (χ2v) is 1.30. The third kappa shape index (κ3) is 1.16. The molecule has 0 atom stereocenters. The van der Waals surface area contributed by atoms with Gasteiger partial charge in [-0.05, 0) is 0 Å². The first-order chi connectivity index (χ1) is 3.43. The van der Waals surface area contributed by atoms with E-state index in [9.17, 15) is 0 Å². The molecule has 1 rings (SSSR count). The maximum absolute atomic E-state index is 5.06. The summed E-state index contributed by atoms with van der Waals surface area (Å²) in [6, 6.07) is 0. The van der Waals surface area contributed by atoms with Crippen LogP contribution in [0.4, 0.5) is 0 Å². The predicted molar refractivity (Wildman–Crippen MR) is 25.6 cm³/mol. The molecule has 0 unspecified atom stereocenters. The molecule has 1 aliphatic heterocycles. The molecular formula is C3H7BNO2. The number of rotatable bonds is 1. The topological polar surface area (TPSA) is 44.5 Å². The van der Waals surface area contributed by atoms with Gasteiger partial charge in [-0.2, -0.15) is 0 Å². The lowest BCUT2D eigenvalue weighted by Gasteiger charge is -1.99. The Balaban J connectivity index is 2.14. The van der Waals surface area contributed by atoms with Gasteiger partial charge in [0.05, 0.1) is 13.2 Å². The molecule has 0 bridgehead atoms. The molecule has 0 saturated carbocycles. The molecule has 0 aliphatic carbocycles. The molecule has 1 radical (unpaired) electrons. The zero-order valence-electron chi connectivity index (χ0n) is 3.96. The van der Waals surface area contributed by atoms with E-state index in [0.29, 0.717) is 13.2 Å². The summed E-state index contributed by atoms with van der Waals surface area (Å²) in [5, 5.41) is 0. The Morgan fingerprint density at radius 1 is 1.43 bits per heavy atom. The molecule has 7 heavy (non-hydrogen) atoms. The van der Waals surface area contributed by atoms with Crippen LogP contribution < -0.4 is 5.64 Å². The van der Waals surface area contributed by atoms with Gasteiger partial charge in [-0.1, -0.05) is 0 Å². The van der Waals surface area contributed by atoms with Crippen molar-refractivity contribution < 1.29 is 9.47 Å². The zero-order chi connectivity index (χ0) is 5.11. The Morgan fingerprint density at radius 3 is 2.29 bits per heavy atom.